The molecule has 0 bridgehead atoms. The van der Waals surface area contributed by atoms with Crippen molar-refractivity contribution in [1.29, 1.82) is 0 Å². The Morgan fingerprint density at radius 3 is 2.72 bits per heavy atom. The third-order valence-corrected chi connectivity index (χ3v) is 4.89. The van der Waals surface area contributed by atoms with E-state index in [1.807, 2.05) is 32.0 Å². The van der Waals surface area contributed by atoms with Gasteiger partial charge in [0.25, 0.3) is 0 Å². The molecule has 1 amide bonds. The number of halogens is 1. The standard InChI is InChI=1S/C17H22ClN5O2/c1-9-15(10(2)22-21-9)16(19)17(24)20-8-11-7-14(23-25-11)12-5-3-4-6-13(12)18/h3-7,9-10,15-16,21-22H,8,19H2,1-2H3,(H,20,24). The van der Waals surface area contributed by atoms with Gasteiger partial charge in [-0.25, -0.2) is 0 Å². The number of aromatic nitrogens is 1. The molecule has 1 aliphatic rings. The highest BCUT2D eigenvalue weighted by Crippen LogP contribution is 2.27. The summed E-state index contributed by atoms with van der Waals surface area (Å²) >= 11 is 6.16. The van der Waals surface area contributed by atoms with E-state index in [9.17, 15) is 4.79 Å². The summed E-state index contributed by atoms with van der Waals surface area (Å²) in [6.07, 6.45) is 0. The Bertz CT molecular complexity index is 740. The first kappa shape index (κ1) is 17.9. The van der Waals surface area contributed by atoms with Gasteiger partial charge in [-0.15, -0.1) is 0 Å². The summed E-state index contributed by atoms with van der Waals surface area (Å²) in [5.74, 6) is 0.331. The van der Waals surface area contributed by atoms with Crippen molar-refractivity contribution in [1.82, 2.24) is 21.3 Å². The summed E-state index contributed by atoms with van der Waals surface area (Å²) < 4.78 is 5.28. The van der Waals surface area contributed by atoms with Crippen molar-refractivity contribution in [3.05, 3.63) is 41.1 Å². The second-order valence-electron chi connectivity index (χ2n) is 6.35. The first-order valence-electron chi connectivity index (χ1n) is 8.22. The number of nitrogens with two attached hydrogens (primary N) is 1. The summed E-state index contributed by atoms with van der Waals surface area (Å²) in [4.78, 5) is 12.4. The number of carbonyl (C=O) groups excluding carboxylic acids is 1. The van der Waals surface area contributed by atoms with E-state index in [1.165, 1.54) is 0 Å². The van der Waals surface area contributed by atoms with Crippen LogP contribution in [0.5, 0.6) is 0 Å². The minimum Gasteiger partial charge on any atom is -0.359 e. The normalized spacial score (nSPS) is 24.2. The van der Waals surface area contributed by atoms with Crippen molar-refractivity contribution < 1.29 is 9.32 Å². The van der Waals surface area contributed by atoms with Crippen LogP contribution in [0.4, 0.5) is 0 Å². The molecule has 0 saturated carbocycles. The Kier molecular flexibility index (Phi) is 5.39. The molecular formula is C17H22ClN5O2. The largest absolute Gasteiger partial charge is 0.359 e. The van der Waals surface area contributed by atoms with Crippen LogP contribution in [-0.2, 0) is 11.3 Å². The van der Waals surface area contributed by atoms with Gasteiger partial charge in [-0.3, -0.25) is 15.6 Å². The van der Waals surface area contributed by atoms with Crippen LogP contribution in [0, 0.1) is 5.92 Å². The van der Waals surface area contributed by atoms with Crippen LogP contribution >= 0.6 is 11.6 Å². The van der Waals surface area contributed by atoms with Crippen molar-refractivity contribution in [2.24, 2.45) is 11.7 Å². The van der Waals surface area contributed by atoms with Crippen molar-refractivity contribution in [3.63, 3.8) is 0 Å². The molecule has 25 heavy (non-hydrogen) atoms. The molecule has 7 nitrogen and oxygen atoms in total. The fourth-order valence-corrected chi connectivity index (χ4v) is 3.40. The zero-order chi connectivity index (χ0) is 18.0. The average Bonchev–Trinajstić information content (AvgIpc) is 3.19. The maximum absolute atomic E-state index is 12.4. The summed E-state index contributed by atoms with van der Waals surface area (Å²) in [6, 6.07) is 8.76. The molecule has 0 aliphatic carbocycles. The highest BCUT2D eigenvalue weighted by molar-refractivity contribution is 6.33. The summed E-state index contributed by atoms with van der Waals surface area (Å²) in [5, 5.41) is 7.41. The molecule has 1 aliphatic heterocycles. The number of hydrogen-bond acceptors (Lipinski definition) is 6. The quantitative estimate of drug-likeness (QED) is 0.640. The highest BCUT2D eigenvalue weighted by atomic mass is 35.5. The minimum absolute atomic E-state index is 0.00779. The lowest BCUT2D eigenvalue weighted by Crippen LogP contribution is -2.50. The number of amides is 1. The third-order valence-electron chi connectivity index (χ3n) is 4.56. The monoisotopic (exact) mass is 363 g/mol. The first-order valence-corrected chi connectivity index (χ1v) is 8.60. The van der Waals surface area contributed by atoms with Crippen molar-refractivity contribution in [2.75, 3.05) is 0 Å². The van der Waals surface area contributed by atoms with Crippen LogP contribution in [-0.4, -0.2) is 29.2 Å². The molecule has 3 atom stereocenters. The molecule has 1 fully saturated rings. The third kappa shape index (κ3) is 3.85. The van der Waals surface area contributed by atoms with Gasteiger partial charge >= 0.3 is 0 Å². The van der Waals surface area contributed by atoms with Gasteiger partial charge in [0.15, 0.2) is 5.76 Å². The maximum Gasteiger partial charge on any atom is 0.237 e. The average molecular weight is 364 g/mol. The number of benzene rings is 1. The van der Waals surface area contributed by atoms with Gasteiger partial charge in [0, 0.05) is 29.6 Å². The second-order valence-corrected chi connectivity index (χ2v) is 6.75. The van der Waals surface area contributed by atoms with E-state index in [0.29, 0.717) is 16.5 Å². The summed E-state index contributed by atoms with van der Waals surface area (Å²) in [6.45, 7) is 4.22. The highest BCUT2D eigenvalue weighted by Gasteiger charge is 2.37. The van der Waals surface area contributed by atoms with Crippen molar-refractivity contribution in [2.45, 2.75) is 38.5 Å². The lowest BCUT2D eigenvalue weighted by molar-refractivity contribution is -0.124. The van der Waals surface area contributed by atoms with Gasteiger partial charge in [0.05, 0.1) is 17.6 Å². The Hall–Kier alpha value is -1.93. The molecule has 0 spiro atoms. The lowest BCUT2D eigenvalue weighted by atomic mass is 9.88. The van der Waals surface area contributed by atoms with Crippen LogP contribution in [0.3, 0.4) is 0 Å². The Morgan fingerprint density at radius 1 is 1.36 bits per heavy atom. The number of nitrogens with zero attached hydrogens (tertiary/aromatic N) is 1. The molecule has 1 saturated heterocycles. The van der Waals surface area contributed by atoms with Gasteiger partial charge in [-0.1, -0.05) is 35.0 Å². The fraction of sp³-hybridized carbons (Fsp3) is 0.412. The zero-order valence-electron chi connectivity index (χ0n) is 14.1. The van der Waals surface area contributed by atoms with Gasteiger partial charge in [0.1, 0.15) is 5.69 Å². The Labute approximate surface area is 151 Å². The Balaban J connectivity index is 1.61. The van der Waals surface area contributed by atoms with Gasteiger partial charge in [-0.05, 0) is 19.9 Å². The number of rotatable bonds is 5. The molecule has 2 heterocycles. The smallest absolute Gasteiger partial charge is 0.237 e. The molecule has 5 N–H and O–H groups in total. The van der Waals surface area contributed by atoms with Crippen LogP contribution < -0.4 is 21.9 Å². The van der Waals surface area contributed by atoms with Gasteiger partial charge < -0.3 is 15.6 Å². The molecule has 3 rings (SSSR count). The van der Waals surface area contributed by atoms with E-state index in [2.05, 4.69) is 21.3 Å². The molecular weight excluding hydrogens is 342 g/mol. The number of hydrazine groups is 1. The van der Waals surface area contributed by atoms with E-state index in [0.717, 1.165) is 5.56 Å². The van der Waals surface area contributed by atoms with E-state index >= 15 is 0 Å². The molecule has 2 aromatic rings. The van der Waals surface area contributed by atoms with Gasteiger partial charge in [0.2, 0.25) is 5.91 Å². The number of carbonyl (C=O) groups is 1. The van der Waals surface area contributed by atoms with E-state index < -0.39 is 6.04 Å². The van der Waals surface area contributed by atoms with E-state index in [1.54, 1.807) is 12.1 Å². The summed E-state index contributed by atoms with van der Waals surface area (Å²) in [5.41, 5.74) is 13.8. The maximum atomic E-state index is 12.4. The van der Waals surface area contributed by atoms with Crippen LogP contribution in [0.2, 0.25) is 5.02 Å². The fourth-order valence-electron chi connectivity index (χ4n) is 3.17. The van der Waals surface area contributed by atoms with Crippen LogP contribution in [0.25, 0.3) is 11.3 Å². The molecule has 3 unspecified atom stereocenters. The predicted molar refractivity (Wildman–Crippen MR) is 95.5 cm³/mol. The molecule has 0 radical (unpaired) electrons. The Morgan fingerprint density at radius 2 is 2.04 bits per heavy atom. The van der Waals surface area contributed by atoms with Crippen LogP contribution in [0.1, 0.15) is 19.6 Å². The zero-order valence-corrected chi connectivity index (χ0v) is 14.9. The number of nitrogens with one attached hydrogen (secondary N) is 3. The number of hydrogen-bond donors (Lipinski definition) is 4. The molecule has 8 heteroatoms. The first-order chi connectivity index (χ1) is 12.0. The predicted octanol–water partition coefficient (Wildman–Crippen LogP) is 1.44. The van der Waals surface area contributed by atoms with Crippen LogP contribution in [0.15, 0.2) is 34.9 Å². The second kappa shape index (κ2) is 7.53. The summed E-state index contributed by atoms with van der Waals surface area (Å²) in [7, 11) is 0. The minimum atomic E-state index is -0.613. The topological polar surface area (TPSA) is 105 Å². The van der Waals surface area contributed by atoms with Gasteiger partial charge in [-0.2, -0.15) is 0 Å². The van der Waals surface area contributed by atoms with Crippen molar-refractivity contribution >= 4 is 17.5 Å². The lowest BCUT2D eigenvalue weighted by Gasteiger charge is -2.24. The SMILES string of the molecule is CC1NNC(C)C1C(N)C(=O)NCc1cc(-c2ccccc2Cl)no1. The molecule has 1 aromatic carbocycles. The molecule has 134 valence electrons. The van der Waals surface area contributed by atoms with Crippen molar-refractivity contribution in [3.8, 4) is 11.3 Å². The molecule has 1 aromatic heterocycles. The van der Waals surface area contributed by atoms with E-state index in [4.69, 9.17) is 21.9 Å². The van der Waals surface area contributed by atoms with E-state index in [-0.39, 0.29) is 30.5 Å².